The van der Waals surface area contributed by atoms with Crippen molar-refractivity contribution in [1.82, 2.24) is 20.6 Å². The molecule has 1 atom stereocenters. The number of tetrazole rings is 1. The van der Waals surface area contributed by atoms with Crippen molar-refractivity contribution in [2.45, 2.75) is 19.3 Å². The van der Waals surface area contributed by atoms with Gasteiger partial charge in [0, 0.05) is 5.69 Å². The Labute approximate surface area is 145 Å². The van der Waals surface area contributed by atoms with Gasteiger partial charge < -0.3 is 10.1 Å². The van der Waals surface area contributed by atoms with Crippen molar-refractivity contribution in [2.75, 3.05) is 11.9 Å². The first kappa shape index (κ1) is 16.6. The van der Waals surface area contributed by atoms with Crippen LogP contribution in [0.15, 0.2) is 54.6 Å². The molecule has 2 aromatic carbocycles. The third kappa shape index (κ3) is 4.41. The van der Waals surface area contributed by atoms with Gasteiger partial charge in [0.1, 0.15) is 11.7 Å². The highest BCUT2D eigenvalue weighted by molar-refractivity contribution is 5.95. The second-order valence-electron chi connectivity index (χ2n) is 5.46. The molecule has 3 rings (SSSR count). The van der Waals surface area contributed by atoms with Crippen LogP contribution in [0.4, 0.5) is 5.69 Å². The van der Waals surface area contributed by atoms with Crippen molar-refractivity contribution in [3.8, 4) is 5.75 Å². The summed E-state index contributed by atoms with van der Waals surface area (Å²) in [5, 5.41) is 16.9. The quantitative estimate of drug-likeness (QED) is 0.691. The van der Waals surface area contributed by atoms with Crippen LogP contribution in [0.25, 0.3) is 0 Å². The van der Waals surface area contributed by atoms with Crippen molar-refractivity contribution in [3.63, 3.8) is 0 Å². The molecule has 7 nitrogen and oxygen atoms in total. The monoisotopic (exact) mass is 337 g/mol. The number of aromatic amines is 1. The lowest BCUT2D eigenvalue weighted by Crippen LogP contribution is -2.24. The van der Waals surface area contributed by atoms with Gasteiger partial charge >= 0.3 is 0 Å². The number of rotatable bonds is 7. The second kappa shape index (κ2) is 8.05. The Morgan fingerprint density at radius 2 is 1.92 bits per heavy atom. The molecule has 0 aliphatic heterocycles. The lowest BCUT2D eigenvalue weighted by Gasteiger charge is -2.14. The highest BCUT2D eigenvalue weighted by Gasteiger charge is 2.25. The maximum Gasteiger partial charge on any atom is 0.235 e. The molecular weight excluding hydrogens is 318 g/mol. The molecule has 0 saturated heterocycles. The summed E-state index contributed by atoms with van der Waals surface area (Å²) in [5.74, 6) is 0.411. The van der Waals surface area contributed by atoms with Crippen molar-refractivity contribution in [1.29, 1.82) is 0 Å². The van der Waals surface area contributed by atoms with Crippen molar-refractivity contribution >= 4 is 11.6 Å². The first-order valence-corrected chi connectivity index (χ1v) is 8.07. The van der Waals surface area contributed by atoms with Gasteiger partial charge in [-0.05, 0) is 43.2 Å². The minimum absolute atomic E-state index is 0.186. The van der Waals surface area contributed by atoms with Crippen molar-refractivity contribution in [3.05, 3.63) is 66.0 Å². The number of hydrogen-bond donors (Lipinski definition) is 2. The van der Waals surface area contributed by atoms with Gasteiger partial charge in [-0.25, -0.2) is 0 Å². The molecule has 0 radical (unpaired) electrons. The van der Waals surface area contributed by atoms with Gasteiger partial charge in [-0.15, -0.1) is 10.2 Å². The molecule has 0 aliphatic carbocycles. The van der Waals surface area contributed by atoms with Crippen LogP contribution in [-0.4, -0.2) is 33.1 Å². The molecule has 0 fully saturated rings. The summed E-state index contributed by atoms with van der Waals surface area (Å²) in [5.41, 5.74) is 1.72. The third-order valence-electron chi connectivity index (χ3n) is 3.71. The van der Waals surface area contributed by atoms with E-state index in [0.29, 0.717) is 24.5 Å². The standard InChI is InChI=1S/C18H19N5O2/c1-2-25-15-10-8-14(9-11-15)19-18(24)16(17-20-22-23-21-17)12-13-6-4-3-5-7-13/h3-11,16H,2,12H2,1H3,(H,19,24)(H,20,21,22,23)/t16-/m1/s1. The molecule has 0 spiro atoms. The van der Waals surface area contributed by atoms with E-state index >= 15 is 0 Å². The lowest BCUT2D eigenvalue weighted by atomic mass is 9.97. The van der Waals surface area contributed by atoms with E-state index in [4.69, 9.17) is 4.74 Å². The Bertz CT molecular complexity index is 788. The Hall–Kier alpha value is -3.22. The number of carbonyl (C=O) groups excluding carboxylic acids is 1. The van der Waals surface area contributed by atoms with Crippen LogP contribution in [0.2, 0.25) is 0 Å². The highest BCUT2D eigenvalue weighted by Crippen LogP contribution is 2.21. The van der Waals surface area contributed by atoms with Crippen molar-refractivity contribution < 1.29 is 9.53 Å². The fourth-order valence-corrected chi connectivity index (χ4v) is 2.50. The number of anilines is 1. The van der Waals surface area contributed by atoms with E-state index in [0.717, 1.165) is 11.3 Å². The number of nitrogens with one attached hydrogen (secondary N) is 2. The summed E-state index contributed by atoms with van der Waals surface area (Å²) in [4.78, 5) is 12.8. The number of nitrogens with zero attached hydrogens (tertiary/aromatic N) is 3. The smallest absolute Gasteiger partial charge is 0.235 e. The van der Waals surface area contributed by atoms with E-state index in [-0.39, 0.29) is 5.91 Å². The Kier molecular flexibility index (Phi) is 5.36. The van der Waals surface area contributed by atoms with Crippen LogP contribution >= 0.6 is 0 Å². The lowest BCUT2D eigenvalue weighted by molar-refractivity contribution is -0.117. The molecular formula is C18H19N5O2. The van der Waals surface area contributed by atoms with Gasteiger partial charge in [0.25, 0.3) is 0 Å². The Morgan fingerprint density at radius 1 is 1.16 bits per heavy atom. The van der Waals surface area contributed by atoms with E-state index < -0.39 is 5.92 Å². The molecule has 0 bridgehead atoms. The number of hydrogen-bond acceptors (Lipinski definition) is 5. The third-order valence-corrected chi connectivity index (χ3v) is 3.71. The molecule has 0 aliphatic rings. The molecule has 128 valence electrons. The molecule has 1 heterocycles. The summed E-state index contributed by atoms with van der Waals surface area (Å²) in [7, 11) is 0. The maximum absolute atomic E-state index is 12.8. The van der Waals surface area contributed by atoms with Crippen LogP contribution in [0.1, 0.15) is 24.2 Å². The topological polar surface area (TPSA) is 92.8 Å². The summed E-state index contributed by atoms with van der Waals surface area (Å²) < 4.78 is 5.41. The molecule has 7 heteroatoms. The summed E-state index contributed by atoms with van der Waals surface area (Å²) in [6.45, 7) is 2.53. The van der Waals surface area contributed by atoms with E-state index in [1.54, 1.807) is 12.1 Å². The highest BCUT2D eigenvalue weighted by atomic mass is 16.5. The van der Waals surface area contributed by atoms with E-state index in [1.807, 2.05) is 49.4 Å². The minimum atomic E-state index is -0.535. The average Bonchev–Trinajstić information content (AvgIpc) is 3.17. The molecule has 1 aromatic heterocycles. The molecule has 1 amide bonds. The molecule has 3 aromatic rings. The van der Waals surface area contributed by atoms with E-state index in [1.165, 1.54) is 0 Å². The SMILES string of the molecule is CCOc1ccc(NC(=O)[C@H](Cc2ccccc2)c2nn[nH]n2)cc1. The van der Waals surface area contributed by atoms with Gasteiger partial charge in [0.2, 0.25) is 5.91 Å². The average molecular weight is 337 g/mol. The predicted molar refractivity (Wildman–Crippen MR) is 93.3 cm³/mol. The fourth-order valence-electron chi connectivity index (χ4n) is 2.50. The van der Waals surface area contributed by atoms with E-state index in [2.05, 4.69) is 25.9 Å². The maximum atomic E-state index is 12.8. The summed E-state index contributed by atoms with van der Waals surface area (Å²) >= 11 is 0. The molecule has 0 unspecified atom stereocenters. The first-order chi connectivity index (χ1) is 12.3. The van der Waals surface area contributed by atoms with Crippen LogP contribution in [-0.2, 0) is 11.2 Å². The predicted octanol–water partition coefficient (Wildman–Crippen LogP) is 2.56. The molecule has 2 N–H and O–H groups in total. The first-order valence-electron chi connectivity index (χ1n) is 8.07. The fraction of sp³-hybridized carbons (Fsp3) is 0.222. The number of H-pyrrole nitrogens is 1. The summed E-state index contributed by atoms with van der Waals surface area (Å²) in [6.07, 6.45) is 0.489. The van der Waals surface area contributed by atoms with Crippen LogP contribution in [0.3, 0.4) is 0 Å². The molecule has 25 heavy (non-hydrogen) atoms. The van der Waals surface area contributed by atoms with Gasteiger partial charge in [0.15, 0.2) is 5.82 Å². The Balaban J connectivity index is 1.75. The Morgan fingerprint density at radius 3 is 2.56 bits per heavy atom. The van der Waals surface area contributed by atoms with Gasteiger partial charge in [-0.1, -0.05) is 35.5 Å². The number of aromatic nitrogens is 4. The number of amides is 1. The number of carbonyl (C=O) groups is 1. The number of ether oxygens (including phenoxy) is 1. The van der Waals surface area contributed by atoms with Gasteiger partial charge in [0.05, 0.1) is 6.61 Å². The van der Waals surface area contributed by atoms with Crippen LogP contribution < -0.4 is 10.1 Å². The van der Waals surface area contributed by atoms with Gasteiger partial charge in [-0.2, -0.15) is 5.21 Å². The normalized spacial score (nSPS) is 11.7. The second-order valence-corrected chi connectivity index (χ2v) is 5.46. The zero-order valence-electron chi connectivity index (χ0n) is 13.8. The molecule has 0 saturated carbocycles. The zero-order valence-corrected chi connectivity index (χ0v) is 13.8. The zero-order chi connectivity index (χ0) is 17.5. The minimum Gasteiger partial charge on any atom is -0.494 e. The van der Waals surface area contributed by atoms with Crippen molar-refractivity contribution in [2.24, 2.45) is 0 Å². The summed E-state index contributed by atoms with van der Waals surface area (Å²) in [6, 6.07) is 17.0. The van der Waals surface area contributed by atoms with Crippen LogP contribution in [0, 0.1) is 0 Å². The largest absolute Gasteiger partial charge is 0.494 e. The van der Waals surface area contributed by atoms with Gasteiger partial charge in [-0.3, -0.25) is 4.79 Å². The van der Waals surface area contributed by atoms with E-state index in [9.17, 15) is 4.79 Å². The number of benzene rings is 2. The van der Waals surface area contributed by atoms with Crippen LogP contribution in [0.5, 0.6) is 5.75 Å².